The smallest absolute Gasteiger partial charge is 0.241 e. The number of hydrogen-bond acceptors (Lipinski definition) is 4. The second kappa shape index (κ2) is 8.84. The summed E-state index contributed by atoms with van der Waals surface area (Å²) in [4.78, 5) is 0.216. The van der Waals surface area contributed by atoms with Crippen LogP contribution in [0, 0.1) is 11.6 Å². The van der Waals surface area contributed by atoms with Gasteiger partial charge in [0.15, 0.2) is 11.6 Å². The molecule has 2 aromatic carbocycles. The lowest BCUT2D eigenvalue weighted by Crippen LogP contribution is -2.39. The lowest BCUT2D eigenvalue weighted by molar-refractivity contribution is 0.305. The quantitative estimate of drug-likeness (QED) is 0.614. The summed E-state index contributed by atoms with van der Waals surface area (Å²) < 4.78 is 58.0. The van der Waals surface area contributed by atoms with E-state index in [0.717, 1.165) is 31.4 Å². The van der Waals surface area contributed by atoms with Crippen LogP contribution in [0.2, 0.25) is 0 Å². The van der Waals surface area contributed by atoms with Crippen LogP contribution in [0.25, 0.3) is 11.1 Å². The molecule has 0 aliphatic heterocycles. The van der Waals surface area contributed by atoms with E-state index < -0.39 is 21.7 Å². The molecule has 0 bridgehead atoms. The van der Waals surface area contributed by atoms with Crippen LogP contribution in [-0.2, 0) is 16.4 Å². The number of sulfonamides is 1. The summed E-state index contributed by atoms with van der Waals surface area (Å²) >= 11 is 0. The Morgan fingerprint density at radius 3 is 2.45 bits per heavy atom. The van der Waals surface area contributed by atoms with Crippen molar-refractivity contribution in [1.29, 1.82) is 0 Å². The van der Waals surface area contributed by atoms with Crippen LogP contribution in [0.15, 0.2) is 53.9 Å². The summed E-state index contributed by atoms with van der Waals surface area (Å²) in [7, 11) is -3.73. The minimum Gasteiger partial charge on any atom is -0.317 e. The predicted octanol–water partition coefficient (Wildman–Crippen LogP) is 4.25. The highest BCUT2D eigenvalue weighted by Gasteiger charge is 2.28. The average Bonchev–Trinajstić information content (AvgIpc) is 3.30. The molecule has 0 radical (unpaired) electrons. The fourth-order valence-corrected chi connectivity index (χ4v) is 5.77. The van der Waals surface area contributed by atoms with E-state index in [1.807, 2.05) is 11.5 Å². The second-order valence-electron chi connectivity index (χ2n) is 7.85. The highest BCUT2D eigenvalue weighted by molar-refractivity contribution is 7.89. The van der Waals surface area contributed by atoms with Crippen molar-refractivity contribution in [2.45, 2.75) is 56.0 Å². The zero-order chi connectivity index (χ0) is 22.0. The third kappa shape index (κ3) is 4.67. The maximum Gasteiger partial charge on any atom is 0.241 e. The molecule has 1 unspecified atom stereocenters. The van der Waals surface area contributed by atoms with Gasteiger partial charge < -0.3 is 4.57 Å². The minimum absolute atomic E-state index is 0.165. The topological polar surface area (TPSA) is 76.9 Å². The maximum atomic E-state index is 13.6. The summed E-state index contributed by atoms with van der Waals surface area (Å²) in [5, 5.41) is 7.68. The van der Waals surface area contributed by atoms with Gasteiger partial charge in [-0.25, -0.2) is 21.9 Å². The molecule has 1 fully saturated rings. The molecular formula is C22H24F2N4O2S. The minimum atomic E-state index is -3.73. The first kappa shape index (κ1) is 21.6. The van der Waals surface area contributed by atoms with Gasteiger partial charge in [-0.05, 0) is 73.1 Å². The van der Waals surface area contributed by atoms with Crippen LogP contribution >= 0.6 is 0 Å². The maximum absolute atomic E-state index is 13.6. The number of benzene rings is 2. The first-order chi connectivity index (χ1) is 14.9. The van der Waals surface area contributed by atoms with Gasteiger partial charge in [0.1, 0.15) is 12.7 Å². The molecular weight excluding hydrogens is 422 g/mol. The number of aromatic nitrogens is 3. The molecule has 4 rings (SSSR count). The van der Waals surface area contributed by atoms with Crippen molar-refractivity contribution in [1.82, 2.24) is 19.5 Å². The molecule has 0 spiro atoms. The van der Waals surface area contributed by atoms with Crippen molar-refractivity contribution >= 4 is 10.0 Å². The Hall–Kier alpha value is -2.65. The van der Waals surface area contributed by atoms with E-state index in [0.29, 0.717) is 29.5 Å². The van der Waals surface area contributed by atoms with E-state index in [9.17, 15) is 17.2 Å². The van der Waals surface area contributed by atoms with Crippen molar-refractivity contribution in [2.24, 2.45) is 0 Å². The standard InChI is InChI=1S/C22H24F2N4O2S/c1-2-15-10-16(17-6-8-20(23)21(24)11-17)7-9-22(15)31(29,30)27-18-4-3-5-19(12-18)28-13-25-26-14-28/h6-11,13-14,18-19,27H,2-5,12H2,1H3/t18?,19-/m1/s1. The van der Waals surface area contributed by atoms with Crippen LogP contribution in [0.5, 0.6) is 0 Å². The van der Waals surface area contributed by atoms with Crippen molar-refractivity contribution in [2.75, 3.05) is 0 Å². The zero-order valence-electron chi connectivity index (χ0n) is 17.1. The second-order valence-corrected chi connectivity index (χ2v) is 9.54. The van der Waals surface area contributed by atoms with Crippen LogP contribution < -0.4 is 4.72 Å². The van der Waals surface area contributed by atoms with Crippen LogP contribution in [0.3, 0.4) is 0 Å². The van der Waals surface area contributed by atoms with Gasteiger partial charge in [-0.15, -0.1) is 10.2 Å². The zero-order valence-corrected chi connectivity index (χ0v) is 17.9. The normalized spacial score (nSPS) is 19.5. The van der Waals surface area contributed by atoms with Gasteiger partial charge in [-0.2, -0.15) is 0 Å². The fourth-order valence-electron chi connectivity index (χ4n) is 4.20. The molecule has 164 valence electrons. The van der Waals surface area contributed by atoms with Gasteiger partial charge in [0.05, 0.1) is 4.90 Å². The number of rotatable bonds is 6. The summed E-state index contributed by atoms with van der Waals surface area (Å²) in [6.45, 7) is 1.87. The number of aryl methyl sites for hydroxylation is 1. The van der Waals surface area contributed by atoms with Gasteiger partial charge in [0.25, 0.3) is 0 Å². The monoisotopic (exact) mass is 446 g/mol. The molecule has 3 aromatic rings. The number of halogens is 2. The highest BCUT2D eigenvalue weighted by atomic mass is 32.2. The van der Waals surface area contributed by atoms with E-state index in [1.54, 1.807) is 24.8 Å². The molecule has 1 saturated carbocycles. The number of nitrogens with one attached hydrogen (secondary N) is 1. The average molecular weight is 447 g/mol. The molecule has 1 N–H and O–H groups in total. The number of nitrogens with zero attached hydrogens (tertiary/aromatic N) is 3. The third-order valence-electron chi connectivity index (χ3n) is 5.81. The van der Waals surface area contributed by atoms with Gasteiger partial charge in [0.2, 0.25) is 10.0 Å². The van der Waals surface area contributed by atoms with Crippen molar-refractivity contribution in [3.63, 3.8) is 0 Å². The van der Waals surface area contributed by atoms with Gasteiger partial charge >= 0.3 is 0 Å². The molecule has 1 aromatic heterocycles. The molecule has 0 amide bonds. The molecule has 31 heavy (non-hydrogen) atoms. The van der Waals surface area contributed by atoms with Crippen molar-refractivity contribution < 1.29 is 17.2 Å². The number of hydrogen-bond donors (Lipinski definition) is 1. The summed E-state index contributed by atoms with van der Waals surface area (Å²) in [5.74, 6) is -1.85. The molecule has 2 atom stereocenters. The summed E-state index contributed by atoms with van der Waals surface area (Å²) in [6, 6.07) is 8.54. The molecule has 1 aliphatic rings. The fraction of sp³-hybridized carbons (Fsp3) is 0.364. The third-order valence-corrected chi connectivity index (χ3v) is 7.43. The van der Waals surface area contributed by atoms with Crippen molar-refractivity contribution in [3.8, 4) is 11.1 Å². The summed E-state index contributed by atoms with van der Waals surface area (Å²) in [5.41, 5.74) is 1.76. The SMILES string of the molecule is CCc1cc(-c2ccc(F)c(F)c2)ccc1S(=O)(=O)NC1CCC[C@@H](n2cnnc2)C1. The van der Waals surface area contributed by atoms with Crippen LogP contribution in [0.4, 0.5) is 8.78 Å². The van der Waals surface area contributed by atoms with Crippen LogP contribution in [0.1, 0.15) is 44.2 Å². The Kier molecular flexibility index (Phi) is 6.15. The Labute approximate surface area is 180 Å². The Bertz CT molecular complexity index is 1170. The van der Waals surface area contributed by atoms with Crippen LogP contribution in [-0.4, -0.2) is 29.2 Å². The first-order valence-electron chi connectivity index (χ1n) is 10.3. The molecule has 9 heteroatoms. The van der Waals surface area contributed by atoms with E-state index in [2.05, 4.69) is 14.9 Å². The van der Waals surface area contributed by atoms with E-state index in [4.69, 9.17) is 0 Å². The highest BCUT2D eigenvalue weighted by Crippen LogP contribution is 2.31. The first-order valence-corrected chi connectivity index (χ1v) is 11.8. The molecule has 1 aliphatic carbocycles. The molecule has 1 heterocycles. The van der Waals surface area contributed by atoms with E-state index in [1.165, 1.54) is 12.1 Å². The Morgan fingerprint density at radius 2 is 1.74 bits per heavy atom. The Morgan fingerprint density at radius 1 is 1.03 bits per heavy atom. The van der Waals surface area contributed by atoms with Gasteiger partial charge in [-0.3, -0.25) is 0 Å². The van der Waals surface area contributed by atoms with Gasteiger partial charge in [-0.1, -0.05) is 19.1 Å². The Balaban J connectivity index is 1.56. The molecule has 0 saturated heterocycles. The largest absolute Gasteiger partial charge is 0.317 e. The lowest BCUT2D eigenvalue weighted by atomic mass is 9.91. The molecule has 6 nitrogen and oxygen atoms in total. The lowest BCUT2D eigenvalue weighted by Gasteiger charge is -2.30. The van der Waals surface area contributed by atoms with Gasteiger partial charge in [0, 0.05) is 12.1 Å². The predicted molar refractivity (Wildman–Crippen MR) is 113 cm³/mol. The van der Waals surface area contributed by atoms with E-state index in [-0.39, 0.29) is 17.0 Å². The van der Waals surface area contributed by atoms with E-state index >= 15 is 0 Å². The summed E-state index contributed by atoms with van der Waals surface area (Å²) in [6.07, 6.45) is 7.12. The van der Waals surface area contributed by atoms with Crippen molar-refractivity contribution in [3.05, 3.63) is 66.3 Å².